The molecule has 0 amide bonds. The van der Waals surface area contributed by atoms with Gasteiger partial charge in [0, 0.05) is 33.3 Å². The second kappa shape index (κ2) is 14.0. The molecule has 0 aliphatic rings. The second-order valence-electron chi connectivity index (χ2n) is 16.0. The van der Waals surface area contributed by atoms with Crippen LogP contribution in [-0.4, -0.2) is 24.1 Å². The number of hydrogen-bond donors (Lipinski definition) is 0. The Morgan fingerprint density at radius 3 is 1.71 bits per heavy atom. The highest BCUT2D eigenvalue weighted by molar-refractivity contribution is 6.12. The average molecular weight is 806 g/mol. The molecule has 0 unspecified atom stereocenters. The first-order valence-corrected chi connectivity index (χ1v) is 21.2. The predicted molar refractivity (Wildman–Crippen MR) is 258 cm³/mol. The van der Waals surface area contributed by atoms with Gasteiger partial charge in [0.2, 0.25) is 0 Å². The van der Waals surface area contributed by atoms with Crippen molar-refractivity contribution in [2.24, 2.45) is 0 Å². The van der Waals surface area contributed by atoms with Crippen LogP contribution >= 0.6 is 0 Å². The van der Waals surface area contributed by atoms with Gasteiger partial charge in [0.25, 0.3) is 0 Å². The molecule has 0 saturated carbocycles. The Kier molecular flexibility index (Phi) is 7.80. The van der Waals surface area contributed by atoms with Gasteiger partial charge in [-0.2, -0.15) is 0 Å². The Morgan fingerprint density at radius 2 is 0.921 bits per heavy atom. The zero-order valence-electron chi connectivity index (χ0n) is 33.9. The average Bonchev–Trinajstić information content (AvgIpc) is 4.01. The van der Waals surface area contributed by atoms with Gasteiger partial charge in [-0.05, 0) is 106 Å². The molecule has 0 N–H and O–H groups in total. The summed E-state index contributed by atoms with van der Waals surface area (Å²) < 4.78 is 10.6. The van der Waals surface area contributed by atoms with Gasteiger partial charge in [-0.15, -0.1) is 0 Å². The van der Waals surface area contributed by atoms with Crippen LogP contribution < -0.4 is 0 Å². The van der Waals surface area contributed by atoms with Gasteiger partial charge >= 0.3 is 0 Å². The molecule has 0 radical (unpaired) electrons. The van der Waals surface area contributed by atoms with Crippen molar-refractivity contribution in [3.8, 4) is 56.3 Å². The first-order chi connectivity index (χ1) is 31.2. The van der Waals surface area contributed by atoms with Gasteiger partial charge in [-0.3, -0.25) is 14.1 Å². The quantitative estimate of drug-likeness (QED) is 0.168. The van der Waals surface area contributed by atoms with E-state index in [1.54, 1.807) is 6.20 Å². The Labute approximate surface area is 361 Å². The summed E-state index contributed by atoms with van der Waals surface area (Å²) in [5, 5.41) is 4.71. The third kappa shape index (κ3) is 5.69. The third-order valence-electron chi connectivity index (χ3n) is 12.4. The SMILES string of the molecule is c1ccc(-c2cc(-c3ccccc3)nc(-n3c4ccccc4c4ccc(-c5cccc(-c6ccc7c(c6)c6ccccc6n7-c6ccc7oc8cccnc8c7n6)c5)cc43)c2)cc1. The van der Waals surface area contributed by atoms with Crippen LogP contribution in [0, 0.1) is 0 Å². The molecular formula is C57H35N5O. The number of fused-ring (bicyclic) bond motifs is 9. The summed E-state index contributed by atoms with van der Waals surface area (Å²) in [5.41, 5.74) is 16.2. The van der Waals surface area contributed by atoms with E-state index in [4.69, 9.17) is 14.4 Å². The van der Waals surface area contributed by atoms with Crippen molar-refractivity contribution in [1.82, 2.24) is 24.1 Å². The first kappa shape index (κ1) is 35.2. The predicted octanol–water partition coefficient (Wildman–Crippen LogP) is 14.6. The van der Waals surface area contributed by atoms with Crippen LogP contribution in [0.2, 0.25) is 0 Å². The number of furan rings is 1. The van der Waals surface area contributed by atoms with Crippen LogP contribution in [0.1, 0.15) is 0 Å². The minimum absolute atomic E-state index is 0.724. The van der Waals surface area contributed by atoms with Gasteiger partial charge in [0.1, 0.15) is 22.7 Å². The molecule has 0 saturated heterocycles. The maximum absolute atomic E-state index is 6.07. The lowest BCUT2D eigenvalue weighted by Gasteiger charge is -2.13. The van der Waals surface area contributed by atoms with Crippen molar-refractivity contribution in [1.29, 1.82) is 0 Å². The fourth-order valence-electron chi connectivity index (χ4n) is 9.44. The molecule has 6 nitrogen and oxygen atoms in total. The Hall–Kier alpha value is -8.61. The number of nitrogens with zero attached hydrogens (tertiary/aromatic N) is 5. The van der Waals surface area contributed by atoms with Crippen LogP contribution in [0.3, 0.4) is 0 Å². The zero-order chi connectivity index (χ0) is 41.4. The highest BCUT2D eigenvalue weighted by Gasteiger charge is 2.19. The first-order valence-electron chi connectivity index (χ1n) is 21.2. The number of benzene rings is 7. The fraction of sp³-hybridized carbons (Fsp3) is 0. The topological polar surface area (TPSA) is 61.7 Å². The molecule has 0 aliphatic carbocycles. The highest BCUT2D eigenvalue weighted by Crippen LogP contribution is 2.39. The number of para-hydroxylation sites is 2. The molecule has 0 bridgehead atoms. The van der Waals surface area contributed by atoms with Crippen molar-refractivity contribution in [3.63, 3.8) is 0 Å². The molecule has 6 heteroatoms. The largest absolute Gasteiger partial charge is 0.453 e. The molecule has 6 heterocycles. The molecule has 6 aromatic heterocycles. The minimum Gasteiger partial charge on any atom is -0.453 e. The Morgan fingerprint density at radius 1 is 0.317 bits per heavy atom. The van der Waals surface area contributed by atoms with Gasteiger partial charge in [0.05, 0.1) is 27.8 Å². The molecule has 0 atom stereocenters. The van der Waals surface area contributed by atoms with Crippen LogP contribution in [0.5, 0.6) is 0 Å². The fourth-order valence-corrected chi connectivity index (χ4v) is 9.44. The number of pyridine rings is 3. The van der Waals surface area contributed by atoms with Crippen molar-refractivity contribution >= 4 is 65.8 Å². The van der Waals surface area contributed by atoms with E-state index in [1.807, 2.05) is 30.3 Å². The lowest BCUT2D eigenvalue weighted by atomic mass is 9.97. The summed E-state index contributed by atoms with van der Waals surface area (Å²) in [6.45, 7) is 0. The maximum Gasteiger partial charge on any atom is 0.155 e. The summed E-state index contributed by atoms with van der Waals surface area (Å²) in [5.74, 6) is 1.70. The molecular weight excluding hydrogens is 771 g/mol. The number of rotatable bonds is 6. The van der Waals surface area contributed by atoms with Crippen molar-refractivity contribution in [2.75, 3.05) is 0 Å². The molecule has 63 heavy (non-hydrogen) atoms. The van der Waals surface area contributed by atoms with E-state index in [0.717, 1.165) is 106 Å². The summed E-state index contributed by atoms with van der Waals surface area (Å²) in [4.78, 5) is 15.1. The third-order valence-corrected chi connectivity index (χ3v) is 12.4. The lowest BCUT2D eigenvalue weighted by molar-refractivity contribution is 0.667. The summed E-state index contributed by atoms with van der Waals surface area (Å²) >= 11 is 0. The minimum atomic E-state index is 0.724. The van der Waals surface area contributed by atoms with Crippen LogP contribution in [-0.2, 0) is 0 Å². The molecule has 0 spiro atoms. The molecule has 13 rings (SSSR count). The smallest absolute Gasteiger partial charge is 0.155 e. The second-order valence-corrected chi connectivity index (χ2v) is 16.0. The molecule has 0 aliphatic heterocycles. The van der Waals surface area contributed by atoms with E-state index < -0.39 is 0 Å². The van der Waals surface area contributed by atoms with E-state index >= 15 is 0 Å². The monoisotopic (exact) mass is 805 g/mol. The lowest BCUT2D eigenvalue weighted by Crippen LogP contribution is -2.00. The van der Waals surface area contributed by atoms with Gasteiger partial charge in [0.15, 0.2) is 11.2 Å². The van der Waals surface area contributed by atoms with Crippen LogP contribution in [0.15, 0.2) is 217 Å². The molecule has 294 valence electrons. The van der Waals surface area contributed by atoms with Crippen molar-refractivity contribution < 1.29 is 4.42 Å². The zero-order valence-corrected chi connectivity index (χ0v) is 33.9. The maximum atomic E-state index is 6.07. The van der Waals surface area contributed by atoms with E-state index in [1.165, 1.54) is 16.2 Å². The summed E-state index contributed by atoms with van der Waals surface area (Å²) in [6.07, 6.45) is 1.78. The van der Waals surface area contributed by atoms with E-state index in [-0.39, 0.29) is 0 Å². The molecule has 7 aromatic carbocycles. The van der Waals surface area contributed by atoms with Gasteiger partial charge < -0.3 is 4.42 Å². The summed E-state index contributed by atoms with van der Waals surface area (Å²) in [6, 6.07) is 73.0. The van der Waals surface area contributed by atoms with E-state index in [2.05, 4.69) is 190 Å². The van der Waals surface area contributed by atoms with Crippen molar-refractivity contribution in [2.45, 2.75) is 0 Å². The van der Waals surface area contributed by atoms with Gasteiger partial charge in [-0.25, -0.2) is 9.97 Å². The van der Waals surface area contributed by atoms with Crippen LogP contribution in [0.4, 0.5) is 0 Å². The number of aromatic nitrogens is 5. The summed E-state index contributed by atoms with van der Waals surface area (Å²) in [7, 11) is 0. The standard InChI is InChI=1S/C57H35N5O/c1-3-13-36(14-4-1)42-33-47(37-15-5-2-6-16-37)59-55(35-42)62-48-21-9-7-19-43(48)45-26-24-41(34-51(45)62)39-18-11-17-38(31-39)40-25-27-50-46(32-40)44-20-8-10-22-49(44)61(50)54-29-28-53-57(60-54)56-52(63-53)23-12-30-58-56/h1-35H. The van der Waals surface area contributed by atoms with Crippen molar-refractivity contribution in [3.05, 3.63) is 212 Å². The van der Waals surface area contributed by atoms with Gasteiger partial charge in [-0.1, -0.05) is 133 Å². The highest BCUT2D eigenvalue weighted by atomic mass is 16.3. The Balaban J connectivity index is 0.942. The molecule has 13 aromatic rings. The number of hydrogen-bond acceptors (Lipinski definition) is 4. The normalized spacial score (nSPS) is 11.8. The molecule has 0 fully saturated rings. The van der Waals surface area contributed by atoms with E-state index in [9.17, 15) is 0 Å². The Bertz CT molecular complexity index is 3860. The van der Waals surface area contributed by atoms with Crippen LogP contribution in [0.25, 0.3) is 122 Å². The van der Waals surface area contributed by atoms with E-state index in [0.29, 0.717) is 0 Å².